The number of anilines is 2. The Hall–Kier alpha value is -3.94. The van der Waals surface area contributed by atoms with E-state index in [4.69, 9.17) is 9.47 Å². The molecule has 1 aliphatic heterocycles. The zero-order valence-electron chi connectivity index (χ0n) is 16.3. The van der Waals surface area contributed by atoms with Crippen LogP contribution in [0.4, 0.5) is 11.4 Å². The highest BCUT2D eigenvalue weighted by atomic mass is 16.5. The quantitative estimate of drug-likeness (QED) is 0.677. The molecule has 0 spiro atoms. The lowest BCUT2D eigenvalue weighted by molar-refractivity contribution is -0.125. The van der Waals surface area contributed by atoms with Gasteiger partial charge in [0.2, 0.25) is 5.91 Å². The number of amides is 2. The third-order valence-corrected chi connectivity index (χ3v) is 4.53. The molecular formula is C22H20N4O4. The van der Waals surface area contributed by atoms with E-state index < -0.39 is 6.10 Å². The molecule has 1 aliphatic rings. The van der Waals surface area contributed by atoms with E-state index >= 15 is 0 Å². The smallest absolute Gasteiger partial charge is 0.321 e. The number of hydrogen-bond acceptors (Lipinski definition) is 6. The summed E-state index contributed by atoms with van der Waals surface area (Å²) in [6, 6.07) is 16.2. The van der Waals surface area contributed by atoms with Crippen LogP contribution in [0.25, 0.3) is 0 Å². The zero-order chi connectivity index (χ0) is 20.9. The normalized spacial score (nSPS) is 15.2. The number of benzene rings is 2. The van der Waals surface area contributed by atoms with Gasteiger partial charge in [0.05, 0.1) is 5.69 Å². The summed E-state index contributed by atoms with van der Waals surface area (Å²) in [4.78, 5) is 34.5. The Morgan fingerprint density at radius 3 is 2.60 bits per heavy atom. The van der Waals surface area contributed by atoms with Gasteiger partial charge in [-0.05, 0) is 49.4 Å². The van der Waals surface area contributed by atoms with Gasteiger partial charge in [-0.1, -0.05) is 12.1 Å². The van der Waals surface area contributed by atoms with Crippen LogP contribution >= 0.6 is 0 Å². The predicted octanol–water partition coefficient (Wildman–Crippen LogP) is 3.41. The Morgan fingerprint density at radius 1 is 1.10 bits per heavy atom. The first-order chi connectivity index (χ1) is 14.6. The average molecular weight is 404 g/mol. The van der Waals surface area contributed by atoms with Gasteiger partial charge in [0.1, 0.15) is 11.5 Å². The Labute approximate surface area is 173 Å². The number of para-hydroxylation sites is 2. The molecule has 0 saturated heterocycles. The van der Waals surface area contributed by atoms with E-state index in [1.54, 1.807) is 54.5 Å². The molecule has 4 rings (SSSR count). The summed E-state index contributed by atoms with van der Waals surface area (Å²) in [6.45, 7) is 1.97. The van der Waals surface area contributed by atoms with Crippen LogP contribution in [0.3, 0.4) is 0 Å². The zero-order valence-corrected chi connectivity index (χ0v) is 16.3. The molecule has 3 aromatic rings. The van der Waals surface area contributed by atoms with Crippen molar-refractivity contribution in [1.29, 1.82) is 0 Å². The number of fused-ring (bicyclic) bond motifs is 1. The van der Waals surface area contributed by atoms with E-state index in [0.29, 0.717) is 22.9 Å². The third-order valence-electron chi connectivity index (χ3n) is 4.53. The molecule has 1 unspecified atom stereocenters. The summed E-state index contributed by atoms with van der Waals surface area (Å²) in [5, 5.41) is 2.83. The molecule has 1 N–H and O–H groups in total. The summed E-state index contributed by atoms with van der Waals surface area (Å²) < 4.78 is 11.1. The Kier molecular flexibility index (Phi) is 5.56. The molecule has 152 valence electrons. The average Bonchev–Trinajstić information content (AvgIpc) is 2.76. The van der Waals surface area contributed by atoms with Gasteiger partial charge < -0.3 is 19.7 Å². The van der Waals surface area contributed by atoms with Crippen LogP contribution in [0.1, 0.15) is 13.3 Å². The fourth-order valence-corrected chi connectivity index (χ4v) is 3.08. The molecule has 0 aliphatic carbocycles. The highest BCUT2D eigenvalue weighted by Crippen LogP contribution is 2.33. The maximum Gasteiger partial charge on any atom is 0.321 e. The minimum atomic E-state index is -0.580. The lowest BCUT2D eigenvalue weighted by Gasteiger charge is -2.32. The second-order valence-electron chi connectivity index (χ2n) is 6.67. The fraction of sp³-hybridized carbons (Fsp3) is 0.182. The highest BCUT2D eigenvalue weighted by molar-refractivity contribution is 6.00. The first-order valence-electron chi connectivity index (χ1n) is 9.52. The van der Waals surface area contributed by atoms with Crippen LogP contribution in [0, 0.1) is 0 Å². The lowest BCUT2D eigenvalue weighted by atomic mass is 10.1. The molecule has 1 atom stereocenters. The van der Waals surface area contributed by atoms with Gasteiger partial charge in [-0.15, -0.1) is 0 Å². The van der Waals surface area contributed by atoms with Crippen molar-refractivity contribution in [2.45, 2.75) is 19.4 Å². The molecule has 8 nitrogen and oxygen atoms in total. The van der Waals surface area contributed by atoms with E-state index in [2.05, 4.69) is 15.3 Å². The maximum absolute atomic E-state index is 12.5. The van der Waals surface area contributed by atoms with Gasteiger partial charge in [0.15, 0.2) is 6.10 Å². The molecule has 0 fully saturated rings. The van der Waals surface area contributed by atoms with Crippen LogP contribution in [0.2, 0.25) is 0 Å². The summed E-state index contributed by atoms with van der Waals surface area (Å²) in [5.74, 6) is 0.845. The van der Waals surface area contributed by atoms with Crippen molar-refractivity contribution in [3.8, 4) is 17.5 Å². The van der Waals surface area contributed by atoms with E-state index in [1.165, 1.54) is 0 Å². The molecule has 30 heavy (non-hydrogen) atoms. The largest absolute Gasteiger partial charge is 0.479 e. The summed E-state index contributed by atoms with van der Waals surface area (Å²) >= 11 is 0. The SMILES string of the molecule is CC1Oc2ccccc2N(CCC(=O)Nc2ccc(Oc3ncccn3)cc2)C1=O. The Bertz CT molecular complexity index is 1040. The number of rotatable bonds is 6. The van der Waals surface area contributed by atoms with Crippen molar-refractivity contribution in [2.75, 3.05) is 16.8 Å². The van der Waals surface area contributed by atoms with Crippen LogP contribution in [-0.2, 0) is 9.59 Å². The number of nitrogens with zero attached hydrogens (tertiary/aromatic N) is 3. The van der Waals surface area contributed by atoms with Crippen molar-refractivity contribution in [3.05, 3.63) is 67.0 Å². The first-order valence-corrected chi connectivity index (χ1v) is 9.52. The van der Waals surface area contributed by atoms with Gasteiger partial charge in [-0.25, -0.2) is 9.97 Å². The molecular weight excluding hydrogens is 384 g/mol. The van der Waals surface area contributed by atoms with Gasteiger partial charge in [-0.2, -0.15) is 0 Å². The van der Waals surface area contributed by atoms with E-state index in [1.807, 2.05) is 24.3 Å². The van der Waals surface area contributed by atoms with E-state index in [-0.39, 0.29) is 30.8 Å². The maximum atomic E-state index is 12.5. The van der Waals surface area contributed by atoms with Crippen LogP contribution < -0.4 is 19.7 Å². The Balaban J connectivity index is 1.34. The summed E-state index contributed by atoms with van der Waals surface area (Å²) in [6.07, 6.45) is 2.76. The van der Waals surface area contributed by atoms with Gasteiger partial charge >= 0.3 is 6.01 Å². The highest BCUT2D eigenvalue weighted by Gasteiger charge is 2.31. The van der Waals surface area contributed by atoms with Crippen molar-refractivity contribution in [3.63, 3.8) is 0 Å². The lowest BCUT2D eigenvalue weighted by Crippen LogP contribution is -2.45. The monoisotopic (exact) mass is 404 g/mol. The number of carbonyl (C=O) groups excluding carboxylic acids is 2. The molecule has 0 bridgehead atoms. The van der Waals surface area contributed by atoms with Crippen molar-refractivity contribution >= 4 is 23.2 Å². The van der Waals surface area contributed by atoms with Crippen LogP contribution in [0.15, 0.2) is 67.0 Å². The van der Waals surface area contributed by atoms with Gasteiger partial charge in [-0.3, -0.25) is 9.59 Å². The van der Waals surface area contributed by atoms with Crippen LogP contribution in [0.5, 0.6) is 17.5 Å². The number of aromatic nitrogens is 2. The molecule has 0 saturated carbocycles. The molecule has 0 radical (unpaired) electrons. The minimum absolute atomic E-state index is 0.156. The van der Waals surface area contributed by atoms with Gasteiger partial charge in [0, 0.05) is 31.0 Å². The first kappa shape index (κ1) is 19.4. The molecule has 2 aromatic carbocycles. The standard InChI is InChI=1S/C22H20N4O4/c1-15-21(28)26(18-5-2-3-6-19(18)29-15)14-11-20(27)25-16-7-9-17(10-8-16)30-22-23-12-4-13-24-22/h2-10,12-13,15H,11,14H2,1H3,(H,25,27). The summed E-state index contributed by atoms with van der Waals surface area (Å²) in [7, 11) is 0. The predicted molar refractivity (Wildman–Crippen MR) is 111 cm³/mol. The molecule has 2 heterocycles. The van der Waals surface area contributed by atoms with Crippen molar-refractivity contribution < 1.29 is 19.1 Å². The topological polar surface area (TPSA) is 93.7 Å². The van der Waals surface area contributed by atoms with Gasteiger partial charge in [0.25, 0.3) is 5.91 Å². The second kappa shape index (κ2) is 8.60. The number of ether oxygens (including phenoxy) is 2. The fourth-order valence-electron chi connectivity index (χ4n) is 3.08. The number of carbonyl (C=O) groups is 2. The Morgan fingerprint density at radius 2 is 1.83 bits per heavy atom. The van der Waals surface area contributed by atoms with Crippen LogP contribution in [-0.4, -0.2) is 34.4 Å². The molecule has 8 heteroatoms. The summed E-state index contributed by atoms with van der Waals surface area (Å²) in [5.41, 5.74) is 1.31. The third kappa shape index (κ3) is 4.38. The van der Waals surface area contributed by atoms with E-state index in [9.17, 15) is 9.59 Å². The van der Waals surface area contributed by atoms with Crippen molar-refractivity contribution in [2.24, 2.45) is 0 Å². The van der Waals surface area contributed by atoms with E-state index in [0.717, 1.165) is 0 Å². The molecule has 1 aromatic heterocycles. The number of nitrogens with one attached hydrogen (secondary N) is 1. The second-order valence-corrected chi connectivity index (χ2v) is 6.67. The van der Waals surface area contributed by atoms with Crippen molar-refractivity contribution in [1.82, 2.24) is 9.97 Å². The minimum Gasteiger partial charge on any atom is -0.479 e. The number of hydrogen-bond donors (Lipinski definition) is 1. The molecule has 2 amide bonds.